The summed E-state index contributed by atoms with van der Waals surface area (Å²) in [5.41, 5.74) is 5.10. The number of aromatic nitrogens is 1. The molecule has 0 saturated heterocycles. The van der Waals surface area contributed by atoms with Crippen molar-refractivity contribution >= 4 is 66.8 Å². The molecule has 6 rings (SSSR count). The van der Waals surface area contributed by atoms with Crippen LogP contribution in [0.4, 0.5) is 5.69 Å². The predicted molar refractivity (Wildman–Crippen MR) is 167 cm³/mol. The summed E-state index contributed by atoms with van der Waals surface area (Å²) >= 11 is 9.57. The van der Waals surface area contributed by atoms with E-state index in [9.17, 15) is 13.0 Å². The molecule has 2 atom stereocenters. The van der Waals surface area contributed by atoms with E-state index in [0.717, 1.165) is 72.9 Å². The maximum absolute atomic E-state index is 12.5. The van der Waals surface area contributed by atoms with Crippen LogP contribution in [0.25, 0.3) is 16.3 Å². The van der Waals surface area contributed by atoms with Crippen LogP contribution in [0.3, 0.4) is 0 Å². The molecule has 0 amide bonds. The van der Waals surface area contributed by atoms with Crippen LogP contribution < -0.4 is 18.9 Å². The summed E-state index contributed by atoms with van der Waals surface area (Å²) in [6.45, 7) is 7.33. The Labute approximate surface area is 253 Å². The number of aryl methyl sites for hydroxylation is 1. The molecule has 0 radical (unpaired) electrons. The Morgan fingerprint density at radius 2 is 2.07 bits per heavy atom. The SMILES string of the molecule is CCC([n+]1c(/C=C2C=C(/C=C3\Sc4cc(Cl)cc5c4N3CCO5)CC(C)C/2)sc2cc(OC)c(C)cc21)S(=O)(=O)O. The van der Waals surface area contributed by atoms with Gasteiger partial charge < -0.3 is 14.4 Å². The molecular formula is C30H32ClN2O5S3+. The van der Waals surface area contributed by atoms with Gasteiger partial charge in [0.2, 0.25) is 5.52 Å². The molecule has 0 spiro atoms. The van der Waals surface area contributed by atoms with Crippen LogP contribution in [-0.4, -0.2) is 33.2 Å². The molecule has 0 saturated carbocycles. The monoisotopic (exact) mass is 631 g/mol. The zero-order chi connectivity index (χ0) is 29.1. The highest BCUT2D eigenvalue weighted by Crippen LogP contribution is 2.53. The zero-order valence-electron chi connectivity index (χ0n) is 23.3. The summed E-state index contributed by atoms with van der Waals surface area (Å²) in [6, 6.07) is 7.75. The number of nitrogens with zero attached hydrogens (tertiary/aromatic N) is 2. The molecule has 3 aliphatic rings. The molecular weight excluding hydrogens is 600 g/mol. The first-order chi connectivity index (χ1) is 19.5. The van der Waals surface area contributed by atoms with Crippen molar-refractivity contribution < 1.29 is 27.0 Å². The molecule has 2 aromatic carbocycles. The maximum atomic E-state index is 12.5. The van der Waals surface area contributed by atoms with Gasteiger partial charge in [-0.15, -0.1) is 0 Å². The first-order valence-corrected chi connectivity index (χ1v) is 17.1. The van der Waals surface area contributed by atoms with Crippen LogP contribution in [0.1, 0.15) is 49.1 Å². The number of hydrogen-bond donors (Lipinski definition) is 1. The lowest BCUT2D eigenvalue weighted by molar-refractivity contribution is -0.674. The second-order valence-electron chi connectivity index (χ2n) is 10.8. The first kappa shape index (κ1) is 28.6. The summed E-state index contributed by atoms with van der Waals surface area (Å²) in [5, 5.41) is 1.52. The molecule has 3 aromatic rings. The van der Waals surface area contributed by atoms with Gasteiger partial charge in [0.15, 0.2) is 0 Å². The quantitative estimate of drug-likeness (QED) is 0.222. The minimum absolute atomic E-state index is 0.240. The van der Waals surface area contributed by atoms with Crippen molar-refractivity contribution in [1.29, 1.82) is 0 Å². The number of anilines is 1. The second kappa shape index (κ2) is 11.0. The van der Waals surface area contributed by atoms with Crippen LogP contribution in [0.15, 0.2) is 57.5 Å². The maximum Gasteiger partial charge on any atom is 0.329 e. The van der Waals surface area contributed by atoms with Crippen LogP contribution in [-0.2, 0) is 10.1 Å². The Hall–Kier alpha value is -2.50. The van der Waals surface area contributed by atoms with Gasteiger partial charge >= 0.3 is 10.1 Å². The summed E-state index contributed by atoms with van der Waals surface area (Å²) < 4.78 is 49.3. The van der Waals surface area contributed by atoms with Crippen molar-refractivity contribution in [3.63, 3.8) is 0 Å². The number of allylic oxidation sites excluding steroid dienone is 4. The molecule has 1 N–H and O–H groups in total. The van der Waals surface area contributed by atoms with Crippen molar-refractivity contribution in [3.8, 4) is 11.5 Å². The Bertz CT molecular complexity index is 1760. The smallest absolute Gasteiger partial charge is 0.329 e. The summed E-state index contributed by atoms with van der Waals surface area (Å²) in [5.74, 6) is 1.98. The standard InChI is InChI=1S/C30H31ClN2O5S3/c1-5-29(41(34,35)36)33-22-10-18(3)23(37-4)16-25(22)39-28(33)13-20-9-17(2)8-19(11-20)12-27-32-6-7-38-24-14-21(31)15-26(40-27)30(24)32/h10-17,29H,5-9H2,1-4H3/p+1. The Morgan fingerprint density at radius 3 is 2.80 bits per heavy atom. The van der Waals surface area contributed by atoms with Gasteiger partial charge in [0.1, 0.15) is 22.8 Å². The van der Waals surface area contributed by atoms with Gasteiger partial charge in [0.25, 0.3) is 10.4 Å². The zero-order valence-corrected chi connectivity index (χ0v) is 26.5. The van der Waals surface area contributed by atoms with Crippen molar-refractivity contribution in [2.75, 3.05) is 25.2 Å². The average molecular weight is 632 g/mol. The number of benzene rings is 2. The average Bonchev–Trinajstić information content (AvgIpc) is 3.41. The third-order valence-corrected chi connectivity index (χ3v) is 11.3. The molecule has 2 unspecified atom stereocenters. The first-order valence-electron chi connectivity index (χ1n) is 13.6. The van der Waals surface area contributed by atoms with Gasteiger partial charge in [0, 0.05) is 40.6 Å². The van der Waals surface area contributed by atoms with Crippen molar-refractivity contribution in [2.45, 2.75) is 50.3 Å². The van der Waals surface area contributed by atoms with Crippen LogP contribution in [0, 0.1) is 12.8 Å². The summed E-state index contributed by atoms with van der Waals surface area (Å²) in [7, 11) is -2.71. The van der Waals surface area contributed by atoms with E-state index in [0.29, 0.717) is 17.5 Å². The van der Waals surface area contributed by atoms with E-state index in [1.54, 1.807) is 30.4 Å². The molecule has 1 aromatic heterocycles. The number of thioether (sulfide) groups is 1. The van der Waals surface area contributed by atoms with Gasteiger partial charge in [-0.3, -0.25) is 4.55 Å². The lowest BCUT2D eigenvalue weighted by atomic mass is 9.87. The number of thiazole rings is 1. The fourth-order valence-corrected chi connectivity index (χ4v) is 9.62. The molecule has 11 heteroatoms. The molecule has 41 heavy (non-hydrogen) atoms. The molecule has 0 fully saturated rings. The highest BCUT2D eigenvalue weighted by molar-refractivity contribution is 8.03. The van der Waals surface area contributed by atoms with Crippen molar-refractivity contribution in [3.05, 3.63) is 68.2 Å². The van der Waals surface area contributed by atoms with Gasteiger partial charge in [-0.1, -0.05) is 54.6 Å². The van der Waals surface area contributed by atoms with Crippen molar-refractivity contribution in [1.82, 2.24) is 0 Å². The Morgan fingerprint density at radius 1 is 1.27 bits per heavy atom. The predicted octanol–water partition coefficient (Wildman–Crippen LogP) is 7.54. The Kier molecular flexibility index (Phi) is 7.65. The lowest BCUT2D eigenvalue weighted by Gasteiger charge is -2.28. The summed E-state index contributed by atoms with van der Waals surface area (Å²) in [4.78, 5) is 3.42. The van der Waals surface area contributed by atoms with E-state index < -0.39 is 15.5 Å². The Balaban J connectivity index is 1.44. The van der Waals surface area contributed by atoms with E-state index in [-0.39, 0.29) is 6.42 Å². The highest BCUT2D eigenvalue weighted by Gasteiger charge is 2.37. The molecule has 216 valence electrons. The fourth-order valence-electron chi connectivity index (χ4n) is 5.96. The third-order valence-electron chi connectivity index (χ3n) is 7.65. The molecule has 0 bridgehead atoms. The van der Waals surface area contributed by atoms with E-state index in [2.05, 4.69) is 30.1 Å². The van der Waals surface area contributed by atoms with Crippen LogP contribution in [0.5, 0.6) is 11.5 Å². The fraction of sp³-hybridized carbons (Fsp3) is 0.367. The van der Waals surface area contributed by atoms with Gasteiger partial charge in [-0.2, -0.15) is 13.0 Å². The number of fused-ring (bicyclic) bond motifs is 1. The van der Waals surface area contributed by atoms with Crippen LogP contribution >= 0.6 is 34.7 Å². The van der Waals surface area contributed by atoms with E-state index in [4.69, 9.17) is 21.1 Å². The van der Waals surface area contributed by atoms with Crippen molar-refractivity contribution in [2.24, 2.45) is 5.92 Å². The third kappa shape index (κ3) is 5.41. The van der Waals surface area contributed by atoms with Gasteiger partial charge in [-0.05, 0) is 54.5 Å². The number of rotatable bonds is 6. The number of methoxy groups -OCH3 is 1. The second-order valence-corrected chi connectivity index (χ2v) is 14.9. The number of ether oxygens (including phenoxy) is 2. The minimum Gasteiger partial charge on any atom is -0.496 e. The van der Waals surface area contributed by atoms with E-state index in [1.165, 1.54) is 16.9 Å². The number of hydrogen-bond acceptors (Lipinski definition) is 7. The lowest BCUT2D eigenvalue weighted by Crippen LogP contribution is -2.44. The topological polar surface area (TPSA) is 80.0 Å². The minimum atomic E-state index is -4.34. The molecule has 1 aliphatic carbocycles. The normalized spacial score (nSPS) is 21.3. The number of halogens is 1. The van der Waals surface area contributed by atoms with Gasteiger partial charge in [0.05, 0.1) is 24.4 Å². The van der Waals surface area contributed by atoms with Crippen LogP contribution in [0.2, 0.25) is 5.02 Å². The van der Waals surface area contributed by atoms with E-state index >= 15 is 0 Å². The largest absolute Gasteiger partial charge is 0.496 e. The summed E-state index contributed by atoms with van der Waals surface area (Å²) in [6.07, 6.45) is 8.62. The highest BCUT2D eigenvalue weighted by atomic mass is 35.5. The molecule has 2 aliphatic heterocycles. The van der Waals surface area contributed by atoms with Gasteiger partial charge in [-0.25, -0.2) is 0 Å². The molecule has 7 nitrogen and oxygen atoms in total. The van der Waals surface area contributed by atoms with E-state index in [1.807, 2.05) is 31.2 Å². The molecule has 3 heterocycles.